The highest BCUT2D eigenvalue weighted by Crippen LogP contribution is 2.19. The first kappa shape index (κ1) is 12.1. The van der Waals surface area contributed by atoms with Crippen molar-refractivity contribution in [1.29, 1.82) is 0 Å². The molecule has 0 bridgehead atoms. The molecule has 0 aliphatic carbocycles. The predicted molar refractivity (Wildman–Crippen MR) is 64.7 cm³/mol. The van der Waals surface area contributed by atoms with Crippen molar-refractivity contribution in [3.8, 4) is 5.69 Å². The van der Waals surface area contributed by atoms with Crippen LogP contribution in [0.25, 0.3) is 5.69 Å². The van der Waals surface area contributed by atoms with Crippen LogP contribution in [-0.2, 0) is 10.0 Å². The van der Waals surface area contributed by atoms with Gasteiger partial charge in [-0.1, -0.05) is 17.7 Å². The van der Waals surface area contributed by atoms with Crippen molar-refractivity contribution < 1.29 is 8.42 Å². The van der Waals surface area contributed by atoms with E-state index in [1.165, 1.54) is 10.9 Å². The lowest BCUT2D eigenvalue weighted by Gasteiger charge is -2.05. The van der Waals surface area contributed by atoms with Crippen molar-refractivity contribution >= 4 is 21.6 Å². The maximum atomic E-state index is 11.3. The van der Waals surface area contributed by atoms with Gasteiger partial charge in [-0.3, -0.25) is 0 Å². The van der Waals surface area contributed by atoms with E-state index in [1.54, 1.807) is 31.2 Å². The molecular formula is C10H10ClN3O2S. The minimum absolute atomic E-state index is 0.0116. The quantitative estimate of drug-likeness (QED) is 0.899. The van der Waals surface area contributed by atoms with Gasteiger partial charge in [0.15, 0.2) is 0 Å². The Hall–Kier alpha value is -1.37. The lowest BCUT2D eigenvalue weighted by Crippen LogP contribution is -2.13. The number of sulfonamides is 1. The van der Waals surface area contributed by atoms with Gasteiger partial charge in [0.1, 0.15) is 4.90 Å². The van der Waals surface area contributed by atoms with E-state index in [0.29, 0.717) is 16.4 Å². The Morgan fingerprint density at radius 1 is 1.41 bits per heavy atom. The van der Waals surface area contributed by atoms with Gasteiger partial charge < -0.3 is 0 Å². The van der Waals surface area contributed by atoms with Crippen LogP contribution in [0, 0.1) is 6.92 Å². The van der Waals surface area contributed by atoms with Crippen molar-refractivity contribution in [2.45, 2.75) is 11.8 Å². The molecule has 2 rings (SSSR count). The van der Waals surface area contributed by atoms with Crippen LogP contribution in [-0.4, -0.2) is 18.2 Å². The number of aromatic nitrogens is 2. The fourth-order valence-electron chi connectivity index (χ4n) is 1.54. The Bertz CT molecular complexity index is 664. The molecule has 1 aromatic carbocycles. The van der Waals surface area contributed by atoms with Crippen LogP contribution >= 0.6 is 11.6 Å². The fourth-order valence-corrected chi connectivity index (χ4v) is 2.42. The zero-order chi connectivity index (χ0) is 12.6. The second-order valence-corrected chi connectivity index (χ2v) is 5.50. The predicted octanol–water partition coefficient (Wildman–Crippen LogP) is 1.48. The third kappa shape index (κ3) is 2.33. The van der Waals surface area contributed by atoms with E-state index in [9.17, 15) is 8.42 Å². The summed E-state index contributed by atoms with van der Waals surface area (Å²) in [6, 6.07) is 6.95. The molecule has 90 valence electrons. The second-order valence-electron chi connectivity index (χ2n) is 3.53. The molecule has 1 aromatic heterocycles. The monoisotopic (exact) mass is 271 g/mol. The zero-order valence-corrected chi connectivity index (χ0v) is 10.5. The number of nitrogens with two attached hydrogens (primary N) is 1. The van der Waals surface area contributed by atoms with Gasteiger partial charge in [0.2, 0.25) is 10.0 Å². The van der Waals surface area contributed by atoms with Crippen LogP contribution in [0.15, 0.2) is 35.4 Å². The lowest BCUT2D eigenvalue weighted by atomic mass is 10.3. The summed E-state index contributed by atoms with van der Waals surface area (Å²) < 4.78 is 24.0. The summed E-state index contributed by atoms with van der Waals surface area (Å²) in [7, 11) is -3.75. The normalized spacial score (nSPS) is 11.7. The summed E-state index contributed by atoms with van der Waals surface area (Å²) in [5.41, 5.74) is 1.14. The molecule has 0 fully saturated rings. The Morgan fingerprint density at radius 3 is 2.65 bits per heavy atom. The zero-order valence-electron chi connectivity index (χ0n) is 8.96. The lowest BCUT2D eigenvalue weighted by molar-refractivity contribution is 0.597. The molecule has 2 aromatic rings. The summed E-state index contributed by atoms with van der Waals surface area (Å²) in [6.07, 6.45) is 1.23. The summed E-state index contributed by atoms with van der Waals surface area (Å²) in [4.78, 5) is 0.0116. The van der Waals surface area contributed by atoms with Crippen molar-refractivity contribution in [3.63, 3.8) is 0 Å². The number of primary sulfonamides is 1. The smallest absolute Gasteiger partial charge is 0.237 e. The summed E-state index contributed by atoms with van der Waals surface area (Å²) in [5, 5.41) is 9.61. The first-order valence-corrected chi connectivity index (χ1v) is 6.65. The first-order chi connectivity index (χ1) is 7.89. The van der Waals surface area contributed by atoms with Crippen LogP contribution in [0.1, 0.15) is 5.69 Å². The highest BCUT2D eigenvalue weighted by molar-refractivity contribution is 7.89. The van der Waals surface area contributed by atoms with Gasteiger partial charge in [-0.15, -0.1) is 0 Å². The minimum atomic E-state index is -3.75. The van der Waals surface area contributed by atoms with E-state index in [-0.39, 0.29) is 4.90 Å². The van der Waals surface area contributed by atoms with Crippen LogP contribution in [0.2, 0.25) is 5.02 Å². The molecule has 7 heteroatoms. The van der Waals surface area contributed by atoms with E-state index < -0.39 is 10.0 Å². The number of halogens is 1. The highest BCUT2D eigenvalue weighted by atomic mass is 35.5. The van der Waals surface area contributed by atoms with E-state index in [1.807, 2.05) is 0 Å². The number of hydrogen-bond donors (Lipinski definition) is 1. The molecule has 0 saturated carbocycles. The number of nitrogens with zero attached hydrogens (tertiary/aromatic N) is 2. The Kier molecular flexibility index (Phi) is 2.94. The van der Waals surface area contributed by atoms with Gasteiger partial charge >= 0.3 is 0 Å². The average Bonchev–Trinajstić information content (AvgIpc) is 2.59. The molecular weight excluding hydrogens is 262 g/mol. The molecule has 5 nitrogen and oxygen atoms in total. The molecule has 17 heavy (non-hydrogen) atoms. The first-order valence-electron chi connectivity index (χ1n) is 4.73. The van der Waals surface area contributed by atoms with Gasteiger partial charge in [0, 0.05) is 5.02 Å². The molecule has 0 saturated heterocycles. The van der Waals surface area contributed by atoms with E-state index in [0.717, 1.165) is 0 Å². The van der Waals surface area contributed by atoms with Crippen LogP contribution in [0.3, 0.4) is 0 Å². The molecule has 0 atom stereocenters. The van der Waals surface area contributed by atoms with Crippen molar-refractivity contribution in [2.75, 3.05) is 0 Å². The van der Waals surface area contributed by atoms with Gasteiger partial charge in [-0.2, -0.15) is 5.10 Å². The maximum Gasteiger partial charge on any atom is 0.241 e. The SMILES string of the molecule is Cc1c(S(N)(=O)=O)cnn1-c1cccc(Cl)c1. The number of benzene rings is 1. The standard InChI is InChI=1S/C10H10ClN3O2S/c1-7-10(17(12,15)16)6-13-14(7)9-4-2-3-8(11)5-9/h2-6H,1H3,(H2,12,15,16). The molecule has 0 aliphatic rings. The largest absolute Gasteiger partial charge is 0.241 e. The van der Waals surface area contributed by atoms with Gasteiger partial charge in [-0.05, 0) is 25.1 Å². The van der Waals surface area contributed by atoms with E-state index in [2.05, 4.69) is 5.10 Å². The van der Waals surface area contributed by atoms with E-state index in [4.69, 9.17) is 16.7 Å². The molecule has 0 amide bonds. The Morgan fingerprint density at radius 2 is 2.12 bits per heavy atom. The van der Waals surface area contributed by atoms with Gasteiger partial charge in [0.05, 0.1) is 17.6 Å². The summed E-state index contributed by atoms with van der Waals surface area (Å²) in [6.45, 7) is 1.63. The third-order valence-electron chi connectivity index (χ3n) is 2.32. The Labute approximate surface area is 104 Å². The molecule has 0 unspecified atom stereocenters. The minimum Gasteiger partial charge on any atom is -0.237 e. The van der Waals surface area contributed by atoms with Crippen molar-refractivity contribution in [1.82, 2.24) is 9.78 Å². The molecule has 2 N–H and O–H groups in total. The topological polar surface area (TPSA) is 78.0 Å². The van der Waals surface area contributed by atoms with Gasteiger partial charge in [0.25, 0.3) is 0 Å². The van der Waals surface area contributed by atoms with Crippen LogP contribution < -0.4 is 5.14 Å². The van der Waals surface area contributed by atoms with Crippen molar-refractivity contribution in [2.24, 2.45) is 5.14 Å². The summed E-state index contributed by atoms with van der Waals surface area (Å²) in [5.74, 6) is 0. The highest BCUT2D eigenvalue weighted by Gasteiger charge is 2.17. The molecule has 0 aliphatic heterocycles. The fraction of sp³-hybridized carbons (Fsp3) is 0.100. The summed E-state index contributed by atoms with van der Waals surface area (Å²) >= 11 is 5.86. The number of rotatable bonds is 2. The number of hydrogen-bond acceptors (Lipinski definition) is 3. The van der Waals surface area contributed by atoms with Crippen molar-refractivity contribution in [3.05, 3.63) is 41.2 Å². The second kappa shape index (κ2) is 4.14. The Balaban J connectivity index is 2.60. The van der Waals surface area contributed by atoms with Crippen LogP contribution in [0.5, 0.6) is 0 Å². The molecule has 0 radical (unpaired) electrons. The molecule has 0 spiro atoms. The average molecular weight is 272 g/mol. The van der Waals surface area contributed by atoms with Crippen LogP contribution in [0.4, 0.5) is 0 Å². The van der Waals surface area contributed by atoms with E-state index >= 15 is 0 Å². The van der Waals surface area contributed by atoms with Gasteiger partial charge in [-0.25, -0.2) is 18.2 Å². The maximum absolute atomic E-state index is 11.3. The molecule has 1 heterocycles. The third-order valence-corrected chi connectivity index (χ3v) is 3.57.